The average molecular weight is 223 g/mol. The van der Waals surface area contributed by atoms with Crippen molar-refractivity contribution in [3.63, 3.8) is 0 Å². The van der Waals surface area contributed by atoms with E-state index in [1.54, 1.807) is 12.1 Å². The van der Waals surface area contributed by atoms with Crippen LogP contribution in [-0.4, -0.2) is 6.10 Å². The summed E-state index contributed by atoms with van der Waals surface area (Å²) in [4.78, 5) is 0. The van der Waals surface area contributed by atoms with Crippen LogP contribution in [0.4, 0.5) is 10.1 Å². The zero-order valence-corrected chi connectivity index (χ0v) is 9.58. The maximum Gasteiger partial charge on any atom is 0.149 e. The van der Waals surface area contributed by atoms with Crippen molar-refractivity contribution in [2.45, 2.75) is 38.7 Å². The predicted octanol–water partition coefficient (Wildman–Crippen LogP) is 3.37. The molecule has 2 atom stereocenters. The van der Waals surface area contributed by atoms with Gasteiger partial charge in [0.2, 0.25) is 0 Å². The lowest BCUT2D eigenvalue weighted by molar-refractivity contribution is 0.129. The van der Waals surface area contributed by atoms with E-state index >= 15 is 0 Å². The number of nitrogen functional groups attached to an aromatic ring is 1. The second-order valence-corrected chi connectivity index (χ2v) is 4.69. The first-order chi connectivity index (χ1) is 7.65. The molecule has 2 N–H and O–H groups in total. The molecule has 1 fully saturated rings. The Bertz CT molecular complexity index is 367. The number of benzene rings is 1. The number of halogens is 1. The van der Waals surface area contributed by atoms with E-state index in [1.807, 2.05) is 0 Å². The Morgan fingerprint density at radius 2 is 2.19 bits per heavy atom. The molecular weight excluding hydrogens is 205 g/mol. The summed E-state index contributed by atoms with van der Waals surface area (Å²) in [6.45, 7) is 2.24. The minimum Gasteiger partial charge on any atom is -0.490 e. The third-order valence-corrected chi connectivity index (χ3v) is 3.16. The molecule has 88 valence electrons. The second kappa shape index (κ2) is 4.73. The lowest BCUT2D eigenvalue weighted by Crippen LogP contribution is -2.24. The highest BCUT2D eigenvalue weighted by molar-refractivity contribution is 5.43. The van der Waals surface area contributed by atoms with Crippen LogP contribution in [0.1, 0.15) is 32.6 Å². The standard InChI is InChI=1S/C13H18FNO/c1-9-3-2-4-10(7-9)16-11-5-6-13(15)12(14)8-11/h5-6,8-10H,2-4,7,15H2,1H3. The number of hydrogen-bond donors (Lipinski definition) is 1. The Morgan fingerprint density at radius 3 is 2.88 bits per heavy atom. The van der Waals surface area contributed by atoms with E-state index in [0.717, 1.165) is 12.8 Å². The molecule has 1 aromatic rings. The van der Waals surface area contributed by atoms with Gasteiger partial charge < -0.3 is 10.5 Å². The lowest BCUT2D eigenvalue weighted by atomic mass is 9.89. The summed E-state index contributed by atoms with van der Waals surface area (Å²) in [7, 11) is 0. The van der Waals surface area contributed by atoms with Crippen LogP contribution in [0.25, 0.3) is 0 Å². The molecule has 0 heterocycles. The van der Waals surface area contributed by atoms with Gasteiger partial charge in [0.05, 0.1) is 11.8 Å². The fourth-order valence-electron chi connectivity index (χ4n) is 2.26. The van der Waals surface area contributed by atoms with Crippen molar-refractivity contribution in [2.75, 3.05) is 5.73 Å². The number of hydrogen-bond acceptors (Lipinski definition) is 2. The van der Waals surface area contributed by atoms with Gasteiger partial charge in [-0.3, -0.25) is 0 Å². The normalized spacial score (nSPS) is 25.4. The topological polar surface area (TPSA) is 35.2 Å². The van der Waals surface area contributed by atoms with Gasteiger partial charge in [-0.05, 0) is 37.3 Å². The molecule has 0 aromatic heterocycles. The summed E-state index contributed by atoms with van der Waals surface area (Å²) in [5.41, 5.74) is 5.58. The molecule has 16 heavy (non-hydrogen) atoms. The molecule has 0 radical (unpaired) electrons. The number of ether oxygens (including phenoxy) is 1. The number of nitrogens with two attached hydrogens (primary N) is 1. The van der Waals surface area contributed by atoms with Crippen LogP contribution in [0, 0.1) is 11.7 Å². The molecule has 1 aliphatic carbocycles. The van der Waals surface area contributed by atoms with Gasteiger partial charge in [0.25, 0.3) is 0 Å². The highest BCUT2D eigenvalue weighted by Gasteiger charge is 2.20. The van der Waals surface area contributed by atoms with Gasteiger partial charge in [-0.1, -0.05) is 13.3 Å². The van der Waals surface area contributed by atoms with E-state index in [0.29, 0.717) is 11.7 Å². The van der Waals surface area contributed by atoms with Crippen LogP contribution in [0.15, 0.2) is 18.2 Å². The molecule has 1 saturated carbocycles. The molecule has 1 aliphatic rings. The molecular formula is C13H18FNO. The van der Waals surface area contributed by atoms with Gasteiger partial charge in [-0.15, -0.1) is 0 Å². The second-order valence-electron chi connectivity index (χ2n) is 4.69. The summed E-state index contributed by atoms with van der Waals surface area (Å²) in [5, 5.41) is 0. The summed E-state index contributed by atoms with van der Waals surface area (Å²) in [6, 6.07) is 4.66. The Hall–Kier alpha value is -1.25. The smallest absolute Gasteiger partial charge is 0.149 e. The van der Waals surface area contributed by atoms with Gasteiger partial charge in [0.15, 0.2) is 0 Å². The van der Waals surface area contributed by atoms with Crippen molar-refractivity contribution in [3.05, 3.63) is 24.0 Å². The first kappa shape index (κ1) is 11.2. The minimum absolute atomic E-state index is 0.171. The Morgan fingerprint density at radius 1 is 1.38 bits per heavy atom. The molecule has 0 bridgehead atoms. The predicted molar refractivity (Wildman–Crippen MR) is 62.9 cm³/mol. The van der Waals surface area contributed by atoms with E-state index in [-0.39, 0.29) is 11.8 Å². The van der Waals surface area contributed by atoms with Crippen LogP contribution in [0.5, 0.6) is 5.75 Å². The van der Waals surface area contributed by atoms with Crippen LogP contribution < -0.4 is 10.5 Å². The van der Waals surface area contributed by atoms with E-state index in [4.69, 9.17) is 10.5 Å². The maximum atomic E-state index is 13.2. The molecule has 0 spiro atoms. The first-order valence-corrected chi connectivity index (χ1v) is 5.87. The summed E-state index contributed by atoms with van der Waals surface area (Å²) < 4.78 is 19.0. The van der Waals surface area contributed by atoms with E-state index in [9.17, 15) is 4.39 Å². The summed E-state index contributed by atoms with van der Waals surface area (Å²) in [5.74, 6) is 0.893. The zero-order valence-electron chi connectivity index (χ0n) is 9.58. The molecule has 1 aromatic carbocycles. The molecule has 0 amide bonds. The monoisotopic (exact) mass is 223 g/mol. The lowest BCUT2D eigenvalue weighted by Gasteiger charge is -2.27. The quantitative estimate of drug-likeness (QED) is 0.780. The molecule has 2 unspecified atom stereocenters. The molecule has 2 rings (SSSR count). The van der Waals surface area contributed by atoms with Crippen molar-refractivity contribution in [2.24, 2.45) is 5.92 Å². The van der Waals surface area contributed by atoms with E-state index in [1.165, 1.54) is 18.9 Å². The van der Waals surface area contributed by atoms with Crippen LogP contribution >= 0.6 is 0 Å². The SMILES string of the molecule is CC1CCCC(Oc2ccc(N)c(F)c2)C1. The summed E-state index contributed by atoms with van der Waals surface area (Å²) in [6.07, 6.45) is 4.83. The van der Waals surface area contributed by atoms with Crippen molar-refractivity contribution in [1.29, 1.82) is 0 Å². The van der Waals surface area contributed by atoms with Gasteiger partial charge in [0, 0.05) is 6.07 Å². The summed E-state index contributed by atoms with van der Waals surface area (Å²) >= 11 is 0. The van der Waals surface area contributed by atoms with Crippen LogP contribution in [0.2, 0.25) is 0 Å². The third-order valence-electron chi connectivity index (χ3n) is 3.16. The molecule has 3 heteroatoms. The third kappa shape index (κ3) is 2.65. The van der Waals surface area contributed by atoms with Crippen molar-refractivity contribution in [1.82, 2.24) is 0 Å². The average Bonchev–Trinajstić information content (AvgIpc) is 2.24. The van der Waals surface area contributed by atoms with Gasteiger partial charge in [0.1, 0.15) is 11.6 Å². The number of rotatable bonds is 2. The van der Waals surface area contributed by atoms with Crippen LogP contribution in [-0.2, 0) is 0 Å². The Kier molecular flexibility index (Phi) is 3.32. The number of anilines is 1. The Labute approximate surface area is 95.6 Å². The molecule has 0 aliphatic heterocycles. The Balaban J connectivity index is 2.00. The first-order valence-electron chi connectivity index (χ1n) is 5.87. The van der Waals surface area contributed by atoms with Crippen molar-refractivity contribution >= 4 is 5.69 Å². The van der Waals surface area contributed by atoms with Gasteiger partial charge in [-0.2, -0.15) is 0 Å². The largest absolute Gasteiger partial charge is 0.490 e. The highest BCUT2D eigenvalue weighted by Crippen LogP contribution is 2.28. The fraction of sp³-hybridized carbons (Fsp3) is 0.538. The van der Waals surface area contributed by atoms with Crippen molar-refractivity contribution in [3.8, 4) is 5.75 Å². The zero-order chi connectivity index (χ0) is 11.5. The molecule has 0 saturated heterocycles. The van der Waals surface area contributed by atoms with Gasteiger partial charge >= 0.3 is 0 Å². The maximum absolute atomic E-state index is 13.2. The minimum atomic E-state index is -0.402. The molecule has 2 nitrogen and oxygen atoms in total. The highest BCUT2D eigenvalue weighted by atomic mass is 19.1. The van der Waals surface area contributed by atoms with E-state index < -0.39 is 5.82 Å². The van der Waals surface area contributed by atoms with Crippen molar-refractivity contribution < 1.29 is 9.13 Å². The van der Waals surface area contributed by atoms with E-state index in [2.05, 4.69) is 6.92 Å². The fourth-order valence-corrected chi connectivity index (χ4v) is 2.26. The van der Waals surface area contributed by atoms with Gasteiger partial charge in [-0.25, -0.2) is 4.39 Å². The van der Waals surface area contributed by atoms with Crippen LogP contribution in [0.3, 0.4) is 0 Å².